The molecule has 0 aromatic carbocycles. The van der Waals surface area contributed by atoms with E-state index in [0.717, 1.165) is 38.1 Å². The molecule has 1 rings (SSSR count). The molecular weight excluding hydrogens is 202 g/mol. The average Bonchev–Trinajstić information content (AvgIpc) is 2.34. The van der Waals surface area contributed by atoms with Crippen molar-refractivity contribution in [2.45, 2.75) is 19.3 Å². The quantitative estimate of drug-likeness (QED) is 0.714. The monoisotopic (exact) mass is 219 g/mol. The zero-order valence-electron chi connectivity index (χ0n) is 9.57. The van der Waals surface area contributed by atoms with Crippen LogP contribution in [0.2, 0.25) is 0 Å². The van der Waals surface area contributed by atoms with Crippen LogP contribution >= 0.6 is 0 Å². The van der Waals surface area contributed by atoms with Gasteiger partial charge in [-0.15, -0.1) is 0 Å². The molecule has 4 nitrogen and oxygen atoms in total. The SMILES string of the molecule is COCCCCCNc1ccnc(C#N)c1. The van der Waals surface area contributed by atoms with Crippen molar-refractivity contribution in [3.63, 3.8) is 0 Å². The maximum Gasteiger partial charge on any atom is 0.142 e. The second kappa shape index (κ2) is 7.66. The van der Waals surface area contributed by atoms with Gasteiger partial charge in [-0.2, -0.15) is 5.26 Å². The van der Waals surface area contributed by atoms with E-state index in [1.54, 1.807) is 19.4 Å². The summed E-state index contributed by atoms with van der Waals surface area (Å²) in [5, 5.41) is 11.9. The molecule has 0 aliphatic rings. The third kappa shape index (κ3) is 4.76. The van der Waals surface area contributed by atoms with Gasteiger partial charge in [0.15, 0.2) is 0 Å². The molecule has 0 unspecified atom stereocenters. The molecule has 1 N–H and O–H groups in total. The molecule has 1 aromatic heterocycles. The molecule has 16 heavy (non-hydrogen) atoms. The molecule has 1 heterocycles. The number of nitrogens with one attached hydrogen (secondary N) is 1. The number of nitrogens with zero attached hydrogens (tertiary/aromatic N) is 2. The van der Waals surface area contributed by atoms with E-state index in [2.05, 4.69) is 10.3 Å². The Bertz CT molecular complexity index is 346. The van der Waals surface area contributed by atoms with Gasteiger partial charge in [-0.25, -0.2) is 4.98 Å². The highest BCUT2D eigenvalue weighted by atomic mass is 16.5. The first-order chi connectivity index (χ1) is 7.86. The largest absolute Gasteiger partial charge is 0.385 e. The van der Waals surface area contributed by atoms with Crippen LogP contribution in [0, 0.1) is 11.3 Å². The summed E-state index contributed by atoms with van der Waals surface area (Å²) in [5.74, 6) is 0. The second-order valence-electron chi connectivity index (χ2n) is 3.52. The van der Waals surface area contributed by atoms with Crippen LogP contribution in [0.15, 0.2) is 18.3 Å². The second-order valence-corrected chi connectivity index (χ2v) is 3.52. The third-order valence-corrected chi connectivity index (χ3v) is 2.23. The number of hydrogen-bond acceptors (Lipinski definition) is 4. The first-order valence-corrected chi connectivity index (χ1v) is 5.46. The molecule has 86 valence electrons. The minimum atomic E-state index is 0.449. The molecule has 0 atom stereocenters. The minimum absolute atomic E-state index is 0.449. The first-order valence-electron chi connectivity index (χ1n) is 5.46. The summed E-state index contributed by atoms with van der Waals surface area (Å²) < 4.78 is 4.97. The van der Waals surface area contributed by atoms with Gasteiger partial charge in [0.25, 0.3) is 0 Å². The first kappa shape index (κ1) is 12.5. The highest BCUT2D eigenvalue weighted by Gasteiger charge is 1.95. The standard InChI is InChI=1S/C12H17N3O/c1-16-8-4-2-3-6-14-11-5-7-15-12(9-11)10-13/h5,7,9H,2-4,6,8H2,1H3,(H,14,15). The molecule has 0 spiro atoms. The number of pyridine rings is 1. The van der Waals surface area contributed by atoms with Gasteiger partial charge in [0.2, 0.25) is 0 Å². The van der Waals surface area contributed by atoms with E-state index in [1.165, 1.54) is 0 Å². The van der Waals surface area contributed by atoms with E-state index < -0.39 is 0 Å². The lowest BCUT2D eigenvalue weighted by molar-refractivity contribution is 0.192. The van der Waals surface area contributed by atoms with Crippen molar-refractivity contribution < 1.29 is 4.74 Å². The molecule has 0 bridgehead atoms. The van der Waals surface area contributed by atoms with Crippen molar-refractivity contribution in [2.24, 2.45) is 0 Å². The van der Waals surface area contributed by atoms with Crippen molar-refractivity contribution in [1.82, 2.24) is 4.98 Å². The Morgan fingerprint density at radius 1 is 1.44 bits per heavy atom. The van der Waals surface area contributed by atoms with Gasteiger partial charge in [-0.1, -0.05) is 0 Å². The molecule has 0 amide bonds. The highest BCUT2D eigenvalue weighted by Crippen LogP contribution is 2.07. The lowest BCUT2D eigenvalue weighted by atomic mass is 10.2. The average molecular weight is 219 g/mol. The van der Waals surface area contributed by atoms with Crippen LogP contribution in [0.1, 0.15) is 25.0 Å². The summed E-state index contributed by atoms with van der Waals surface area (Å²) >= 11 is 0. The van der Waals surface area contributed by atoms with E-state index in [-0.39, 0.29) is 0 Å². The molecular formula is C12H17N3O. The minimum Gasteiger partial charge on any atom is -0.385 e. The van der Waals surface area contributed by atoms with Gasteiger partial charge < -0.3 is 10.1 Å². The number of nitriles is 1. The summed E-state index contributed by atoms with van der Waals surface area (Å²) in [4.78, 5) is 3.91. The van der Waals surface area contributed by atoms with Crippen LogP contribution in [0.25, 0.3) is 0 Å². The number of anilines is 1. The molecule has 4 heteroatoms. The smallest absolute Gasteiger partial charge is 0.142 e. The zero-order chi connectivity index (χ0) is 11.6. The summed E-state index contributed by atoms with van der Waals surface area (Å²) in [5.41, 5.74) is 1.41. The normalized spacial score (nSPS) is 9.75. The fourth-order valence-electron chi connectivity index (χ4n) is 1.38. The van der Waals surface area contributed by atoms with Crippen molar-refractivity contribution in [3.8, 4) is 6.07 Å². The maximum atomic E-state index is 8.68. The predicted octanol–water partition coefficient (Wildman–Crippen LogP) is 2.18. The van der Waals surface area contributed by atoms with E-state index in [9.17, 15) is 0 Å². The van der Waals surface area contributed by atoms with E-state index in [4.69, 9.17) is 10.00 Å². The van der Waals surface area contributed by atoms with Crippen molar-refractivity contribution in [2.75, 3.05) is 25.6 Å². The molecule has 0 fully saturated rings. The number of methoxy groups -OCH3 is 1. The van der Waals surface area contributed by atoms with Gasteiger partial charge in [0.05, 0.1) is 0 Å². The molecule has 0 saturated heterocycles. The number of rotatable bonds is 7. The maximum absolute atomic E-state index is 8.68. The van der Waals surface area contributed by atoms with E-state index in [0.29, 0.717) is 5.69 Å². The lowest BCUT2D eigenvalue weighted by Gasteiger charge is -2.05. The third-order valence-electron chi connectivity index (χ3n) is 2.23. The van der Waals surface area contributed by atoms with Crippen LogP contribution in [-0.2, 0) is 4.74 Å². The molecule has 1 aromatic rings. The summed E-state index contributed by atoms with van der Waals surface area (Å²) in [6.07, 6.45) is 4.99. The molecule has 0 aliphatic carbocycles. The molecule has 0 aliphatic heterocycles. The highest BCUT2D eigenvalue weighted by molar-refractivity contribution is 5.45. The van der Waals surface area contributed by atoms with Crippen LogP contribution in [0.3, 0.4) is 0 Å². The van der Waals surface area contributed by atoms with Crippen molar-refractivity contribution in [3.05, 3.63) is 24.0 Å². The topological polar surface area (TPSA) is 57.9 Å². The van der Waals surface area contributed by atoms with E-state index in [1.807, 2.05) is 12.1 Å². The van der Waals surface area contributed by atoms with Crippen molar-refractivity contribution >= 4 is 5.69 Å². The van der Waals surface area contributed by atoms with Crippen LogP contribution in [0.5, 0.6) is 0 Å². The summed E-state index contributed by atoms with van der Waals surface area (Å²) in [6, 6.07) is 5.65. The fourth-order valence-corrected chi connectivity index (χ4v) is 1.38. The fraction of sp³-hybridized carbons (Fsp3) is 0.500. The lowest BCUT2D eigenvalue weighted by Crippen LogP contribution is -2.02. The Balaban J connectivity index is 2.19. The zero-order valence-corrected chi connectivity index (χ0v) is 9.57. The van der Waals surface area contributed by atoms with Gasteiger partial charge in [-0.3, -0.25) is 0 Å². The Kier molecular flexibility index (Phi) is 5.97. The summed E-state index contributed by atoms with van der Waals surface area (Å²) in [7, 11) is 1.72. The Morgan fingerprint density at radius 3 is 3.06 bits per heavy atom. The van der Waals surface area contributed by atoms with Crippen molar-refractivity contribution in [1.29, 1.82) is 5.26 Å². The number of ether oxygens (including phenoxy) is 1. The van der Waals surface area contributed by atoms with Crippen LogP contribution in [-0.4, -0.2) is 25.2 Å². The number of hydrogen-bond donors (Lipinski definition) is 1. The number of aromatic nitrogens is 1. The molecule has 0 radical (unpaired) electrons. The van der Waals surface area contributed by atoms with Gasteiger partial charge in [-0.05, 0) is 31.4 Å². The molecule has 0 saturated carbocycles. The van der Waals surface area contributed by atoms with Gasteiger partial charge in [0, 0.05) is 32.1 Å². The Labute approximate surface area is 96.3 Å². The van der Waals surface area contributed by atoms with Gasteiger partial charge in [0.1, 0.15) is 11.8 Å². The van der Waals surface area contributed by atoms with Crippen LogP contribution in [0.4, 0.5) is 5.69 Å². The van der Waals surface area contributed by atoms with Crippen LogP contribution < -0.4 is 5.32 Å². The predicted molar refractivity (Wildman–Crippen MR) is 63.2 cm³/mol. The number of unbranched alkanes of at least 4 members (excludes halogenated alkanes) is 2. The summed E-state index contributed by atoms with van der Waals surface area (Å²) in [6.45, 7) is 1.74. The Hall–Kier alpha value is -1.60. The van der Waals surface area contributed by atoms with E-state index >= 15 is 0 Å². The van der Waals surface area contributed by atoms with Gasteiger partial charge >= 0.3 is 0 Å². The Morgan fingerprint density at radius 2 is 2.31 bits per heavy atom.